The summed E-state index contributed by atoms with van der Waals surface area (Å²) in [6.45, 7) is 11.5. The topological polar surface area (TPSA) is 142 Å². The van der Waals surface area contributed by atoms with Crippen LogP contribution in [0.3, 0.4) is 0 Å². The lowest BCUT2D eigenvalue weighted by molar-refractivity contribution is -0.146. The van der Waals surface area contributed by atoms with Crippen LogP contribution in [0.5, 0.6) is 0 Å². The van der Waals surface area contributed by atoms with Gasteiger partial charge in [-0.05, 0) is 30.6 Å². The second-order valence-corrected chi connectivity index (χ2v) is 9.04. The van der Waals surface area contributed by atoms with Crippen LogP contribution in [0.4, 0.5) is 0 Å². The van der Waals surface area contributed by atoms with Crippen molar-refractivity contribution in [2.75, 3.05) is 6.54 Å². The first-order chi connectivity index (χ1) is 14.5. The van der Waals surface area contributed by atoms with Gasteiger partial charge in [-0.1, -0.05) is 54.4 Å². The van der Waals surface area contributed by atoms with Gasteiger partial charge >= 0.3 is 5.97 Å². The van der Waals surface area contributed by atoms with Gasteiger partial charge in [-0.25, -0.2) is 4.79 Å². The maximum Gasteiger partial charge on any atom is 0.326 e. The lowest BCUT2D eigenvalue weighted by atomic mass is 9.97. The van der Waals surface area contributed by atoms with E-state index in [9.17, 15) is 24.3 Å². The Labute approximate surface area is 185 Å². The highest BCUT2D eigenvalue weighted by molar-refractivity contribution is 5.94. The van der Waals surface area contributed by atoms with E-state index in [-0.39, 0.29) is 29.6 Å². The van der Waals surface area contributed by atoms with E-state index in [0.717, 1.165) is 6.42 Å². The van der Waals surface area contributed by atoms with Gasteiger partial charge in [0.05, 0.1) is 6.04 Å². The monoisotopic (exact) mass is 440 g/mol. The molecule has 3 amide bonds. The number of likely N-dealkylation sites (tertiary alicyclic amines) is 1. The van der Waals surface area contributed by atoms with Crippen LogP contribution in [-0.4, -0.2) is 64.4 Å². The molecule has 31 heavy (non-hydrogen) atoms. The van der Waals surface area contributed by atoms with E-state index < -0.39 is 36.0 Å². The predicted octanol–water partition coefficient (Wildman–Crippen LogP) is 1.11. The number of amides is 3. The van der Waals surface area contributed by atoms with Crippen molar-refractivity contribution in [3.63, 3.8) is 0 Å². The third-order valence-electron chi connectivity index (χ3n) is 6.41. The fourth-order valence-corrected chi connectivity index (χ4v) is 3.69. The van der Waals surface area contributed by atoms with E-state index in [2.05, 4.69) is 10.6 Å². The fourth-order valence-electron chi connectivity index (χ4n) is 3.69. The minimum atomic E-state index is -1.09. The van der Waals surface area contributed by atoms with E-state index >= 15 is 0 Å². The minimum Gasteiger partial charge on any atom is -0.480 e. The number of carboxylic acids is 1. The van der Waals surface area contributed by atoms with Crippen molar-refractivity contribution in [2.24, 2.45) is 23.5 Å². The zero-order chi connectivity index (χ0) is 23.9. The van der Waals surface area contributed by atoms with Crippen LogP contribution in [-0.2, 0) is 19.2 Å². The van der Waals surface area contributed by atoms with Gasteiger partial charge in [0.2, 0.25) is 17.7 Å². The molecule has 6 atom stereocenters. The average Bonchev–Trinajstić information content (AvgIpc) is 3.22. The normalized spacial score (nSPS) is 21.2. The Balaban J connectivity index is 2.96. The molecule has 1 aliphatic rings. The van der Waals surface area contributed by atoms with Crippen molar-refractivity contribution in [2.45, 2.75) is 91.4 Å². The third-order valence-corrected chi connectivity index (χ3v) is 6.41. The molecule has 0 bridgehead atoms. The summed E-state index contributed by atoms with van der Waals surface area (Å²) in [5.41, 5.74) is 6.02. The zero-order valence-electron chi connectivity index (χ0n) is 19.7. The van der Waals surface area contributed by atoms with Gasteiger partial charge < -0.3 is 26.4 Å². The molecule has 5 N–H and O–H groups in total. The van der Waals surface area contributed by atoms with Gasteiger partial charge in [-0.15, -0.1) is 0 Å². The molecule has 178 valence electrons. The van der Waals surface area contributed by atoms with Gasteiger partial charge in [0, 0.05) is 6.54 Å². The predicted molar refractivity (Wildman–Crippen MR) is 118 cm³/mol. The summed E-state index contributed by atoms with van der Waals surface area (Å²) >= 11 is 0. The number of nitrogens with zero attached hydrogens (tertiary/aromatic N) is 1. The number of carbonyl (C=O) groups is 4. The molecule has 9 nitrogen and oxygen atoms in total. The highest BCUT2D eigenvalue weighted by Gasteiger charge is 2.40. The Morgan fingerprint density at radius 3 is 2.06 bits per heavy atom. The molecule has 1 aliphatic heterocycles. The number of nitrogens with one attached hydrogen (secondary N) is 2. The zero-order valence-corrected chi connectivity index (χ0v) is 19.7. The molecule has 0 saturated carbocycles. The first-order valence-electron chi connectivity index (χ1n) is 11.4. The lowest BCUT2D eigenvalue weighted by Gasteiger charge is -2.32. The summed E-state index contributed by atoms with van der Waals surface area (Å²) in [6, 6.07) is -3.28. The molecule has 1 heterocycles. The van der Waals surface area contributed by atoms with Crippen LogP contribution in [0.2, 0.25) is 0 Å². The standard InChI is InChI=1S/C22H40N4O5/c1-7-13(5)16(23)20(28)24-17(12(3)4)21(29)26-11-9-10-15(26)19(27)25-18(22(30)31)14(6)8-2/h12-18H,7-11,23H2,1-6H3,(H,24,28)(H,25,27)(H,30,31). The van der Waals surface area contributed by atoms with Crippen LogP contribution >= 0.6 is 0 Å². The highest BCUT2D eigenvalue weighted by Crippen LogP contribution is 2.21. The third kappa shape index (κ3) is 6.92. The van der Waals surface area contributed by atoms with E-state index in [0.29, 0.717) is 25.8 Å². The van der Waals surface area contributed by atoms with Crippen LogP contribution < -0.4 is 16.4 Å². The molecule has 1 fully saturated rings. The first kappa shape index (κ1) is 26.9. The number of aliphatic carboxylic acids is 1. The van der Waals surface area contributed by atoms with Gasteiger partial charge in [0.1, 0.15) is 18.1 Å². The van der Waals surface area contributed by atoms with Crippen molar-refractivity contribution in [3.05, 3.63) is 0 Å². The van der Waals surface area contributed by atoms with Crippen molar-refractivity contribution in [3.8, 4) is 0 Å². The van der Waals surface area contributed by atoms with Gasteiger partial charge in [-0.3, -0.25) is 14.4 Å². The van der Waals surface area contributed by atoms with Crippen LogP contribution in [0.15, 0.2) is 0 Å². The van der Waals surface area contributed by atoms with Crippen LogP contribution in [0, 0.1) is 17.8 Å². The maximum absolute atomic E-state index is 13.3. The molecular weight excluding hydrogens is 400 g/mol. The molecule has 1 saturated heterocycles. The number of carbonyl (C=O) groups excluding carboxylic acids is 3. The number of carboxylic acid groups (broad SMARTS) is 1. The van der Waals surface area contributed by atoms with Gasteiger partial charge in [-0.2, -0.15) is 0 Å². The molecule has 9 heteroatoms. The Kier molecular flexibility index (Phi) is 10.4. The lowest BCUT2D eigenvalue weighted by Crippen LogP contribution is -2.59. The molecule has 0 aromatic rings. The summed E-state index contributed by atoms with van der Waals surface area (Å²) in [5, 5.41) is 14.8. The molecule has 0 aliphatic carbocycles. The fraction of sp³-hybridized carbons (Fsp3) is 0.818. The van der Waals surface area contributed by atoms with Crippen molar-refractivity contribution in [1.29, 1.82) is 0 Å². The second kappa shape index (κ2) is 12.0. The molecular formula is C22H40N4O5. The SMILES string of the molecule is CCC(C)C(N)C(=O)NC(C(=O)N1CCCC1C(=O)NC(C(=O)O)C(C)CC)C(C)C. The Bertz CT molecular complexity index is 654. The molecule has 0 aromatic carbocycles. The molecule has 0 aromatic heterocycles. The summed E-state index contributed by atoms with van der Waals surface area (Å²) in [6.07, 6.45) is 2.43. The number of hydrogen-bond donors (Lipinski definition) is 4. The van der Waals surface area contributed by atoms with Crippen molar-refractivity contribution < 1.29 is 24.3 Å². The van der Waals surface area contributed by atoms with Gasteiger partial charge in [0.15, 0.2) is 0 Å². The molecule has 1 rings (SSSR count). The smallest absolute Gasteiger partial charge is 0.326 e. The highest BCUT2D eigenvalue weighted by atomic mass is 16.4. The number of nitrogens with two attached hydrogens (primary N) is 1. The first-order valence-corrected chi connectivity index (χ1v) is 11.4. The molecule has 0 radical (unpaired) electrons. The number of hydrogen-bond acceptors (Lipinski definition) is 5. The average molecular weight is 441 g/mol. The van der Waals surface area contributed by atoms with Gasteiger partial charge in [0.25, 0.3) is 0 Å². The maximum atomic E-state index is 13.3. The number of rotatable bonds is 11. The van der Waals surface area contributed by atoms with Crippen LogP contribution in [0.1, 0.15) is 67.2 Å². The Hall–Kier alpha value is -2.16. The van der Waals surface area contributed by atoms with E-state index in [1.54, 1.807) is 6.92 Å². The van der Waals surface area contributed by atoms with Crippen molar-refractivity contribution in [1.82, 2.24) is 15.5 Å². The van der Waals surface area contributed by atoms with E-state index in [1.165, 1.54) is 4.90 Å². The minimum absolute atomic E-state index is 0.0262. The van der Waals surface area contributed by atoms with E-state index in [1.807, 2.05) is 34.6 Å². The summed E-state index contributed by atoms with van der Waals surface area (Å²) in [5.74, 6) is -2.75. The van der Waals surface area contributed by atoms with Crippen molar-refractivity contribution >= 4 is 23.7 Å². The molecule has 0 spiro atoms. The summed E-state index contributed by atoms with van der Waals surface area (Å²) < 4.78 is 0. The largest absolute Gasteiger partial charge is 0.480 e. The second-order valence-electron chi connectivity index (χ2n) is 9.04. The Morgan fingerprint density at radius 1 is 1.00 bits per heavy atom. The summed E-state index contributed by atoms with van der Waals surface area (Å²) in [7, 11) is 0. The van der Waals surface area contributed by atoms with Crippen LogP contribution in [0.25, 0.3) is 0 Å². The summed E-state index contributed by atoms with van der Waals surface area (Å²) in [4.78, 5) is 51.8. The molecule has 6 unspecified atom stereocenters. The quantitative estimate of drug-likeness (QED) is 0.379. The Morgan fingerprint density at radius 2 is 1.58 bits per heavy atom. The van der Waals surface area contributed by atoms with E-state index in [4.69, 9.17) is 5.73 Å².